The highest BCUT2D eigenvalue weighted by atomic mass is 32.2. The highest BCUT2D eigenvalue weighted by Crippen LogP contribution is 2.27. The maximum absolute atomic E-state index is 12.7. The summed E-state index contributed by atoms with van der Waals surface area (Å²) in [6, 6.07) is 14.7. The Bertz CT molecular complexity index is 953. The van der Waals surface area contributed by atoms with Gasteiger partial charge in [0.05, 0.1) is 24.2 Å². The van der Waals surface area contributed by atoms with Crippen molar-refractivity contribution in [3.05, 3.63) is 54.1 Å². The molecular weight excluding hydrogens is 402 g/mol. The summed E-state index contributed by atoms with van der Waals surface area (Å²) in [6.45, 7) is 4.79. The van der Waals surface area contributed by atoms with E-state index in [2.05, 4.69) is 17.1 Å². The number of anilines is 2. The summed E-state index contributed by atoms with van der Waals surface area (Å²) in [5, 5.41) is 2.98. The highest BCUT2D eigenvalue weighted by Gasteiger charge is 2.24. The Morgan fingerprint density at radius 2 is 1.70 bits per heavy atom. The number of carbonyl (C=O) groups is 1. The molecule has 0 radical (unpaired) electrons. The maximum Gasteiger partial charge on any atom is 0.255 e. The average molecular weight is 432 g/mol. The van der Waals surface area contributed by atoms with Gasteiger partial charge in [-0.2, -0.15) is 4.31 Å². The summed E-state index contributed by atoms with van der Waals surface area (Å²) in [5.74, 6) is 0.557. The van der Waals surface area contributed by atoms with Crippen molar-refractivity contribution in [2.75, 3.05) is 49.3 Å². The van der Waals surface area contributed by atoms with Crippen molar-refractivity contribution in [3.8, 4) is 5.75 Å². The average Bonchev–Trinajstić information content (AvgIpc) is 2.74. The third kappa shape index (κ3) is 5.73. The van der Waals surface area contributed by atoms with Crippen LogP contribution in [0.25, 0.3) is 0 Å². The van der Waals surface area contributed by atoms with E-state index in [1.165, 1.54) is 10.6 Å². The molecule has 1 amide bonds. The van der Waals surface area contributed by atoms with Gasteiger partial charge < -0.3 is 15.0 Å². The molecule has 1 N–H and O–H groups in total. The van der Waals surface area contributed by atoms with E-state index in [-0.39, 0.29) is 5.91 Å². The molecule has 1 heterocycles. The molecule has 0 aliphatic carbocycles. The molecule has 2 aromatic carbocycles. The molecule has 1 saturated heterocycles. The molecule has 162 valence electrons. The van der Waals surface area contributed by atoms with E-state index >= 15 is 0 Å². The number of para-hydroxylation sites is 2. The standard InChI is InChI=1S/C22H29N3O4S/c1-3-4-17-29-19-11-9-18(10-12-19)22(26)23-20-7-5-6-8-21(20)24-13-15-25(16-14-24)30(2,27)28/h5-12H,3-4,13-17H2,1-2H3,(H,23,26). The Balaban J connectivity index is 1.65. The Kier molecular flexibility index (Phi) is 7.33. The number of amides is 1. The van der Waals surface area contributed by atoms with Gasteiger partial charge in [0.1, 0.15) is 5.75 Å². The molecule has 0 saturated carbocycles. The summed E-state index contributed by atoms with van der Waals surface area (Å²) < 4.78 is 30.6. The van der Waals surface area contributed by atoms with Gasteiger partial charge in [0.25, 0.3) is 5.91 Å². The molecule has 30 heavy (non-hydrogen) atoms. The predicted octanol–water partition coefficient (Wildman–Crippen LogP) is 3.20. The lowest BCUT2D eigenvalue weighted by molar-refractivity contribution is 0.102. The van der Waals surface area contributed by atoms with Crippen LogP contribution in [-0.4, -0.2) is 57.7 Å². The highest BCUT2D eigenvalue weighted by molar-refractivity contribution is 7.88. The summed E-state index contributed by atoms with van der Waals surface area (Å²) in [5.41, 5.74) is 2.15. The lowest BCUT2D eigenvalue weighted by Crippen LogP contribution is -2.48. The molecule has 1 aliphatic rings. The van der Waals surface area contributed by atoms with Crippen LogP contribution in [0, 0.1) is 0 Å². The number of rotatable bonds is 8. The van der Waals surface area contributed by atoms with Gasteiger partial charge in [0, 0.05) is 31.7 Å². The second kappa shape index (κ2) is 9.95. The minimum atomic E-state index is -3.18. The number of nitrogens with one attached hydrogen (secondary N) is 1. The molecule has 0 spiro atoms. The number of sulfonamides is 1. The largest absolute Gasteiger partial charge is 0.494 e. The fraction of sp³-hybridized carbons (Fsp3) is 0.409. The molecule has 0 unspecified atom stereocenters. The molecular formula is C22H29N3O4S. The first-order valence-corrected chi connectivity index (χ1v) is 12.1. The quantitative estimate of drug-likeness (QED) is 0.650. The number of carbonyl (C=O) groups excluding carboxylic acids is 1. The van der Waals surface area contributed by atoms with Gasteiger partial charge in [-0.1, -0.05) is 25.5 Å². The van der Waals surface area contributed by atoms with Crippen LogP contribution < -0.4 is 15.0 Å². The van der Waals surface area contributed by atoms with Crippen molar-refractivity contribution in [1.29, 1.82) is 0 Å². The molecule has 0 atom stereocenters. The van der Waals surface area contributed by atoms with E-state index in [0.717, 1.165) is 24.3 Å². The maximum atomic E-state index is 12.7. The Labute approximate surface area is 178 Å². The fourth-order valence-electron chi connectivity index (χ4n) is 3.35. The van der Waals surface area contributed by atoms with Crippen LogP contribution in [-0.2, 0) is 10.0 Å². The van der Waals surface area contributed by atoms with E-state index in [9.17, 15) is 13.2 Å². The van der Waals surface area contributed by atoms with Gasteiger partial charge in [-0.15, -0.1) is 0 Å². The van der Waals surface area contributed by atoms with Gasteiger partial charge in [0.15, 0.2) is 0 Å². The number of nitrogens with zero attached hydrogens (tertiary/aromatic N) is 2. The zero-order valence-electron chi connectivity index (χ0n) is 17.5. The third-order valence-electron chi connectivity index (χ3n) is 5.08. The molecule has 3 rings (SSSR count). The number of piperazine rings is 1. The SMILES string of the molecule is CCCCOc1ccc(C(=O)Nc2ccccc2N2CCN(S(C)(=O)=O)CC2)cc1. The molecule has 0 aromatic heterocycles. The minimum absolute atomic E-state index is 0.197. The topological polar surface area (TPSA) is 79.0 Å². The first-order chi connectivity index (χ1) is 14.4. The molecule has 1 fully saturated rings. The second-order valence-electron chi connectivity index (χ2n) is 7.35. The van der Waals surface area contributed by atoms with Crippen molar-refractivity contribution in [3.63, 3.8) is 0 Å². The van der Waals surface area contributed by atoms with Crippen LogP contribution in [0.2, 0.25) is 0 Å². The Hall–Kier alpha value is -2.58. The van der Waals surface area contributed by atoms with Crippen LogP contribution >= 0.6 is 0 Å². The summed E-state index contributed by atoms with van der Waals surface area (Å²) in [6.07, 6.45) is 3.30. The van der Waals surface area contributed by atoms with E-state index in [0.29, 0.717) is 44.0 Å². The number of unbranched alkanes of at least 4 members (excludes halogenated alkanes) is 1. The first-order valence-electron chi connectivity index (χ1n) is 10.2. The van der Waals surface area contributed by atoms with E-state index in [1.807, 2.05) is 24.3 Å². The van der Waals surface area contributed by atoms with Gasteiger partial charge in [-0.25, -0.2) is 8.42 Å². The van der Waals surface area contributed by atoms with Gasteiger partial charge in [0.2, 0.25) is 10.0 Å². The van der Waals surface area contributed by atoms with Crippen molar-refractivity contribution < 1.29 is 17.9 Å². The molecule has 8 heteroatoms. The van der Waals surface area contributed by atoms with Crippen molar-refractivity contribution in [2.24, 2.45) is 0 Å². The smallest absolute Gasteiger partial charge is 0.255 e. The normalized spacial score (nSPS) is 15.1. The third-order valence-corrected chi connectivity index (χ3v) is 6.39. The number of ether oxygens (including phenoxy) is 1. The van der Waals surface area contributed by atoms with Crippen LogP contribution in [0.5, 0.6) is 5.75 Å². The Morgan fingerprint density at radius 1 is 1.03 bits per heavy atom. The molecule has 1 aliphatic heterocycles. The Morgan fingerprint density at radius 3 is 2.33 bits per heavy atom. The first kappa shape index (κ1) is 22.1. The summed E-state index contributed by atoms with van der Waals surface area (Å²) in [4.78, 5) is 14.8. The number of hydrogen-bond donors (Lipinski definition) is 1. The minimum Gasteiger partial charge on any atom is -0.494 e. The monoisotopic (exact) mass is 431 g/mol. The van der Waals surface area contributed by atoms with Gasteiger partial charge in [-0.3, -0.25) is 4.79 Å². The second-order valence-corrected chi connectivity index (χ2v) is 9.33. The van der Waals surface area contributed by atoms with Crippen LogP contribution in [0.4, 0.5) is 11.4 Å². The van der Waals surface area contributed by atoms with Crippen molar-refractivity contribution >= 4 is 27.3 Å². The molecule has 7 nitrogen and oxygen atoms in total. The van der Waals surface area contributed by atoms with Crippen LogP contribution in [0.15, 0.2) is 48.5 Å². The van der Waals surface area contributed by atoms with E-state index in [1.54, 1.807) is 24.3 Å². The summed E-state index contributed by atoms with van der Waals surface area (Å²) in [7, 11) is -3.18. The van der Waals surface area contributed by atoms with Crippen LogP contribution in [0.1, 0.15) is 30.1 Å². The van der Waals surface area contributed by atoms with Gasteiger partial charge >= 0.3 is 0 Å². The van der Waals surface area contributed by atoms with Crippen molar-refractivity contribution in [1.82, 2.24) is 4.31 Å². The molecule has 0 bridgehead atoms. The zero-order valence-corrected chi connectivity index (χ0v) is 18.3. The molecule has 2 aromatic rings. The number of hydrogen-bond acceptors (Lipinski definition) is 5. The fourth-order valence-corrected chi connectivity index (χ4v) is 4.17. The van der Waals surface area contributed by atoms with Crippen molar-refractivity contribution in [2.45, 2.75) is 19.8 Å². The predicted molar refractivity (Wildman–Crippen MR) is 120 cm³/mol. The lowest BCUT2D eigenvalue weighted by Gasteiger charge is -2.35. The summed E-state index contributed by atoms with van der Waals surface area (Å²) >= 11 is 0. The van der Waals surface area contributed by atoms with Gasteiger partial charge in [-0.05, 0) is 42.8 Å². The number of benzene rings is 2. The van der Waals surface area contributed by atoms with E-state index in [4.69, 9.17) is 4.74 Å². The van der Waals surface area contributed by atoms with E-state index < -0.39 is 10.0 Å². The lowest BCUT2D eigenvalue weighted by atomic mass is 10.1. The zero-order chi connectivity index (χ0) is 21.6. The van der Waals surface area contributed by atoms with Crippen LogP contribution in [0.3, 0.4) is 0 Å².